The second-order valence-electron chi connectivity index (χ2n) is 3.37. The van der Waals surface area contributed by atoms with E-state index in [1.807, 2.05) is 0 Å². The number of hydroxylamine groups is 1. The third-order valence-corrected chi connectivity index (χ3v) is 2.25. The Morgan fingerprint density at radius 2 is 2.07 bits per heavy atom. The summed E-state index contributed by atoms with van der Waals surface area (Å²) in [6.07, 6.45) is 5.24. The number of nitrogens with one attached hydrogen (secondary N) is 2. The average Bonchev–Trinajstić information content (AvgIpc) is 2.28. The molecule has 0 aromatic carbocycles. The molecule has 0 unspecified atom stereocenters. The summed E-state index contributed by atoms with van der Waals surface area (Å²) in [6, 6.07) is 0. The molecule has 0 aromatic rings. The zero-order valence-corrected chi connectivity index (χ0v) is 9.16. The molecule has 0 amide bonds. The van der Waals surface area contributed by atoms with E-state index in [-0.39, 0.29) is 5.92 Å². The third kappa shape index (κ3) is 8.31. The van der Waals surface area contributed by atoms with Crippen molar-refractivity contribution < 1.29 is 14.7 Å². The fourth-order valence-corrected chi connectivity index (χ4v) is 1.46. The molecule has 0 aromatic heterocycles. The van der Waals surface area contributed by atoms with E-state index in [1.165, 1.54) is 6.42 Å². The van der Waals surface area contributed by atoms with Crippen molar-refractivity contribution in [3.63, 3.8) is 0 Å². The molecule has 1 rings (SSSR count). The maximum absolute atomic E-state index is 10.4. The molecule has 1 aliphatic rings. The van der Waals surface area contributed by atoms with Crippen molar-refractivity contribution >= 4 is 5.97 Å². The van der Waals surface area contributed by atoms with Crippen LogP contribution in [0.3, 0.4) is 0 Å². The molecule has 5 N–H and O–H groups in total. The van der Waals surface area contributed by atoms with Gasteiger partial charge in [0.25, 0.3) is 0 Å². The molecule has 1 saturated carbocycles. The van der Waals surface area contributed by atoms with Crippen LogP contribution in [-0.2, 0) is 9.63 Å². The molecule has 0 radical (unpaired) electrons. The highest BCUT2D eigenvalue weighted by atomic mass is 16.7. The molecule has 1 aliphatic carbocycles. The highest BCUT2D eigenvalue weighted by Crippen LogP contribution is 2.23. The van der Waals surface area contributed by atoms with Crippen molar-refractivity contribution in [3.05, 3.63) is 0 Å². The topological polar surface area (TPSA) is 96.6 Å². The number of hydrogen-bond donors (Lipinski definition) is 4. The molecular weight excluding hydrogens is 198 g/mol. The van der Waals surface area contributed by atoms with Gasteiger partial charge < -0.3 is 5.11 Å². The van der Waals surface area contributed by atoms with Gasteiger partial charge in [-0.3, -0.25) is 15.5 Å². The first kappa shape index (κ1) is 14.3. The van der Waals surface area contributed by atoms with Gasteiger partial charge in [0.05, 0.1) is 5.92 Å². The van der Waals surface area contributed by atoms with Crippen molar-refractivity contribution in [2.75, 3.05) is 13.8 Å². The van der Waals surface area contributed by atoms with Crippen LogP contribution in [0.15, 0.2) is 0 Å². The predicted molar refractivity (Wildman–Crippen MR) is 56.5 cm³/mol. The molecule has 0 heterocycles. The number of hydrazine groups is 1. The summed E-state index contributed by atoms with van der Waals surface area (Å²) in [5, 5.41) is 8.54. The number of aliphatic carboxylic acids is 1. The van der Waals surface area contributed by atoms with E-state index < -0.39 is 5.97 Å². The highest BCUT2D eigenvalue weighted by molar-refractivity contribution is 5.69. The van der Waals surface area contributed by atoms with Crippen LogP contribution in [0.25, 0.3) is 0 Å². The van der Waals surface area contributed by atoms with Gasteiger partial charge in [-0.25, -0.2) is 10.9 Å². The second kappa shape index (κ2) is 9.85. The monoisotopic (exact) mass is 219 g/mol. The van der Waals surface area contributed by atoms with Crippen LogP contribution in [-0.4, -0.2) is 24.9 Å². The lowest BCUT2D eigenvalue weighted by molar-refractivity contribution is -0.142. The number of rotatable bonds is 4. The molecule has 1 fully saturated rings. The Labute approximate surface area is 90.1 Å². The summed E-state index contributed by atoms with van der Waals surface area (Å²) in [6.45, 7) is 0.330. The quantitative estimate of drug-likeness (QED) is 0.233. The van der Waals surface area contributed by atoms with Crippen LogP contribution in [0.1, 0.15) is 32.1 Å². The fourth-order valence-electron chi connectivity index (χ4n) is 1.46. The summed E-state index contributed by atoms with van der Waals surface area (Å²) >= 11 is 0. The number of hydrogen-bond acceptors (Lipinski definition) is 5. The Balaban J connectivity index is 0.000000288. The molecule has 6 nitrogen and oxygen atoms in total. The zero-order valence-electron chi connectivity index (χ0n) is 9.16. The molecule has 6 heteroatoms. The highest BCUT2D eigenvalue weighted by Gasteiger charge is 2.19. The summed E-state index contributed by atoms with van der Waals surface area (Å²) < 4.78 is 0. The maximum Gasteiger partial charge on any atom is 0.306 e. The van der Waals surface area contributed by atoms with Crippen LogP contribution >= 0.6 is 0 Å². The normalized spacial score (nSPS) is 16.7. The zero-order chi connectivity index (χ0) is 11.5. The predicted octanol–water partition coefficient (Wildman–Crippen LogP) is 0.210. The van der Waals surface area contributed by atoms with Gasteiger partial charge in [0.2, 0.25) is 0 Å². The number of carboxylic acid groups (broad SMARTS) is 1. The van der Waals surface area contributed by atoms with Gasteiger partial charge in [0, 0.05) is 7.05 Å². The van der Waals surface area contributed by atoms with Gasteiger partial charge in [0.1, 0.15) is 6.73 Å². The average molecular weight is 219 g/mol. The van der Waals surface area contributed by atoms with Crippen LogP contribution in [0, 0.1) is 5.92 Å². The van der Waals surface area contributed by atoms with E-state index in [0.717, 1.165) is 25.7 Å². The van der Waals surface area contributed by atoms with Gasteiger partial charge in [-0.15, -0.1) is 0 Å². The summed E-state index contributed by atoms with van der Waals surface area (Å²) in [5.74, 6) is 4.17. The van der Waals surface area contributed by atoms with Gasteiger partial charge in [-0.2, -0.15) is 0 Å². The molecule has 0 atom stereocenters. The van der Waals surface area contributed by atoms with Crippen molar-refractivity contribution in [1.29, 1.82) is 0 Å². The summed E-state index contributed by atoms with van der Waals surface area (Å²) in [4.78, 5) is 14.9. The Hall–Kier alpha value is -0.690. The van der Waals surface area contributed by atoms with Gasteiger partial charge in [-0.1, -0.05) is 19.3 Å². The third-order valence-electron chi connectivity index (χ3n) is 2.25. The minimum atomic E-state index is -0.602. The summed E-state index contributed by atoms with van der Waals surface area (Å²) in [7, 11) is 1.66. The van der Waals surface area contributed by atoms with E-state index >= 15 is 0 Å². The fraction of sp³-hybridized carbons (Fsp3) is 0.889. The van der Waals surface area contributed by atoms with Gasteiger partial charge >= 0.3 is 5.97 Å². The minimum absolute atomic E-state index is 0.0289. The first-order valence-corrected chi connectivity index (χ1v) is 5.17. The Morgan fingerprint density at radius 1 is 1.47 bits per heavy atom. The molecule has 0 spiro atoms. The van der Waals surface area contributed by atoms with Crippen molar-refractivity contribution in [2.24, 2.45) is 11.8 Å². The molecule has 15 heavy (non-hydrogen) atoms. The van der Waals surface area contributed by atoms with Crippen LogP contribution in [0.5, 0.6) is 0 Å². The summed E-state index contributed by atoms with van der Waals surface area (Å²) in [5.41, 5.74) is 4.71. The lowest BCUT2D eigenvalue weighted by Gasteiger charge is -2.16. The van der Waals surface area contributed by atoms with Gasteiger partial charge in [-0.05, 0) is 12.8 Å². The maximum atomic E-state index is 10.4. The molecule has 0 aliphatic heterocycles. The van der Waals surface area contributed by atoms with Crippen LogP contribution in [0.4, 0.5) is 0 Å². The lowest BCUT2D eigenvalue weighted by atomic mass is 9.90. The van der Waals surface area contributed by atoms with E-state index in [2.05, 4.69) is 15.7 Å². The first-order valence-electron chi connectivity index (χ1n) is 5.17. The Kier molecular flexibility index (Phi) is 9.40. The van der Waals surface area contributed by atoms with E-state index in [4.69, 9.17) is 10.9 Å². The van der Waals surface area contributed by atoms with Crippen molar-refractivity contribution in [2.45, 2.75) is 32.1 Å². The standard InChI is InChI=1S/C7H12O2.C2H9N3O/c8-7(9)6-4-2-1-3-5-6;1-4-6-2-5-3/h6H,1-5H2,(H,8,9);4-5H,2-3H2,1H3. The number of carbonyl (C=O) groups is 1. The van der Waals surface area contributed by atoms with E-state index in [9.17, 15) is 4.79 Å². The SMILES string of the molecule is CNOCNN.O=C(O)C1CCCCC1. The minimum Gasteiger partial charge on any atom is -0.481 e. The Morgan fingerprint density at radius 3 is 2.33 bits per heavy atom. The van der Waals surface area contributed by atoms with E-state index in [0.29, 0.717) is 6.73 Å². The Bertz CT molecular complexity index is 157. The molecule has 0 saturated heterocycles. The lowest BCUT2D eigenvalue weighted by Crippen LogP contribution is -2.28. The molecule has 90 valence electrons. The van der Waals surface area contributed by atoms with Crippen LogP contribution < -0.4 is 16.7 Å². The second-order valence-corrected chi connectivity index (χ2v) is 3.37. The number of nitrogens with two attached hydrogens (primary N) is 1. The van der Waals surface area contributed by atoms with Crippen molar-refractivity contribution in [3.8, 4) is 0 Å². The number of carboxylic acids is 1. The van der Waals surface area contributed by atoms with Crippen LogP contribution in [0.2, 0.25) is 0 Å². The first-order chi connectivity index (χ1) is 7.22. The smallest absolute Gasteiger partial charge is 0.306 e. The van der Waals surface area contributed by atoms with E-state index in [1.54, 1.807) is 7.05 Å². The molecular formula is C9H21N3O3. The largest absolute Gasteiger partial charge is 0.481 e. The van der Waals surface area contributed by atoms with Gasteiger partial charge in [0.15, 0.2) is 0 Å². The molecule has 0 bridgehead atoms. The van der Waals surface area contributed by atoms with Crippen molar-refractivity contribution in [1.82, 2.24) is 10.9 Å².